The molecule has 0 radical (unpaired) electrons. The van der Waals surface area contributed by atoms with Crippen molar-refractivity contribution < 1.29 is 8.42 Å². The quantitative estimate of drug-likeness (QED) is 0.558. The molecule has 0 bridgehead atoms. The smallest absolute Gasteiger partial charge is 0.271 e. The van der Waals surface area contributed by atoms with Crippen molar-refractivity contribution in [2.75, 3.05) is 4.72 Å². The first-order valence-electron chi connectivity index (χ1n) is 7.34. The number of benzene rings is 1. The van der Waals surface area contributed by atoms with Gasteiger partial charge in [0.25, 0.3) is 10.0 Å². The predicted octanol–water partition coefficient (Wildman–Crippen LogP) is 4.52. The van der Waals surface area contributed by atoms with E-state index in [0.717, 1.165) is 28.2 Å². The lowest BCUT2D eigenvalue weighted by Gasteiger charge is -2.07. The number of anilines is 1. The second-order valence-corrected chi connectivity index (χ2v) is 8.96. The Morgan fingerprint density at radius 3 is 2.72 bits per heavy atom. The molecule has 0 saturated carbocycles. The molecule has 4 aromatic rings. The summed E-state index contributed by atoms with van der Waals surface area (Å²) in [5.74, 6) is 0. The highest BCUT2D eigenvalue weighted by Gasteiger charge is 2.17. The molecule has 0 saturated heterocycles. The second kappa shape index (κ2) is 6.18. The summed E-state index contributed by atoms with van der Waals surface area (Å²) in [7, 11) is -3.66. The van der Waals surface area contributed by atoms with Crippen LogP contribution in [0.25, 0.3) is 16.9 Å². The molecule has 0 atom stereocenters. The molecule has 3 aromatic heterocycles. The fraction of sp³-hybridized carbons (Fsp3) is 0. The van der Waals surface area contributed by atoms with E-state index in [2.05, 4.69) is 9.71 Å². The summed E-state index contributed by atoms with van der Waals surface area (Å²) >= 11 is 6.85. The lowest BCUT2D eigenvalue weighted by molar-refractivity contribution is 0.603. The number of hydrogen-bond acceptors (Lipinski definition) is 4. The van der Waals surface area contributed by atoms with Crippen molar-refractivity contribution in [1.82, 2.24) is 9.38 Å². The minimum Gasteiger partial charge on any atom is -0.306 e. The minimum absolute atomic E-state index is 0.177. The van der Waals surface area contributed by atoms with Crippen molar-refractivity contribution in [3.8, 4) is 11.3 Å². The average Bonchev–Trinajstić information content (AvgIpc) is 3.21. The van der Waals surface area contributed by atoms with Crippen LogP contribution in [0.3, 0.4) is 0 Å². The standard InChI is InChI=1S/C17H12ClN3O2S2/c18-15-7-8-17(24-15)25(22,23)20-13-5-3-4-12(10-13)14-11-21-9-2-1-6-16(21)19-14/h1-11,20H. The first kappa shape index (κ1) is 16.1. The van der Waals surface area contributed by atoms with Gasteiger partial charge in [-0.05, 0) is 36.4 Å². The molecule has 0 spiro atoms. The molecule has 0 aliphatic rings. The van der Waals surface area contributed by atoms with Gasteiger partial charge in [-0.25, -0.2) is 13.4 Å². The van der Waals surface area contributed by atoms with E-state index in [0.29, 0.717) is 10.0 Å². The highest BCUT2D eigenvalue weighted by Crippen LogP contribution is 2.28. The molecule has 5 nitrogen and oxygen atoms in total. The molecule has 126 valence electrons. The molecule has 0 aliphatic carbocycles. The largest absolute Gasteiger partial charge is 0.306 e. The van der Waals surface area contributed by atoms with Crippen LogP contribution in [0.4, 0.5) is 5.69 Å². The Morgan fingerprint density at radius 2 is 1.96 bits per heavy atom. The number of nitrogens with one attached hydrogen (secondary N) is 1. The zero-order valence-electron chi connectivity index (χ0n) is 12.8. The number of aromatic nitrogens is 2. The highest BCUT2D eigenvalue weighted by molar-refractivity contribution is 7.94. The maximum Gasteiger partial charge on any atom is 0.271 e. The molecule has 0 fully saturated rings. The van der Waals surface area contributed by atoms with E-state index >= 15 is 0 Å². The van der Waals surface area contributed by atoms with Crippen LogP contribution in [0.5, 0.6) is 0 Å². The highest BCUT2D eigenvalue weighted by atomic mass is 35.5. The van der Waals surface area contributed by atoms with Crippen molar-refractivity contribution in [2.24, 2.45) is 0 Å². The molecule has 0 amide bonds. The van der Waals surface area contributed by atoms with E-state index in [4.69, 9.17) is 11.6 Å². The third kappa shape index (κ3) is 3.26. The molecular formula is C17H12ClN3O2S2. The number of thiophene rings is 1. The number of pyridine rings is 1. The first-order valence-corrected chi connectivity index (χ1v) is 10.0. The van der Waals surface area contributed by atoms with E-state index in [1.165, 1.54) is 6.07 Å². The van der Waals surface area contributed by atoms with E-state index in [1.807, 2.05) is 41.1 Å². The SMILES string of the molecule is O=S(=O)(Nc1cccc(-c2cn3ccccc3n2)c1)c1ccc(Cl)s1. The van der Waals surface area contributed by atoms with E-state index in [9.17, 15) is 8.42 Å². The molecule has 25 heavy (non-hydrogen) atoms. The molecule has 1 N–H and O–H groups in total. The van der Waals surface area contributed by atoms with Crippen molar-refractivity contribution in [2.45, 2.75) is 4.21 Å². The molecule has 1 aromatic carbocycles. The molecule has 0 aliphatic heterocycles. The third-order valence-electron chi connectivity index (χ3n) is 3.59. The van der Waals surface area contributed by atoms with Crippen molar-refractivity contribution >= 4 is 44.3 Å². The number of sulfonamides is 1. The van der Waals surface area contributed by atoms with Crippen molar-refractivity contribution in [1.29, 1.82) is 0 Å². The molecule has 3 heterocycles. The Balaban J connectivity index is 1.67. The lowest BCUT2D eigenvalue weighted by Crippen LogP contribution is -2.11. The van der Waals surface area contributed by atoms with Gasteiger partial charge in [0, 0.05) is 23.6 Å². The summed E-state index contributed by atoms with van der Waals surface area (Å²) in [4.78, 5) is 4.55. The summed E-state index contributed by atoms with van der Waals surface area (Å²) in [5.41, 5.74) is 2.90. The Bertz CT molecular complexity index is 1130. The monoisotopic (exact) mass is 389 g/mol. The zero-order chi connectivity index (χ0) is 17.4. The van der Waals surface area contributed by atoms with Gasteiger partial charge >= 0.3 is 0 Å². The van der Waals surface area contributed by atoms with Crippen LogP contribution in [-0.4, -0.2) is 17.8 Å². The van der Waals surface area contributed by atoms with Crippen LogP contribution in [-0.2, 0) is 10.0 Å². The van der Waals surface area contributed by atoms with Gasteiger partial charge in [-0.1, -0.05) is 29.8 Å². The summed E-state index contributed by atoms with van der Waals surface area (Å²) in [6.07, 6.45) is 3.82. The predicted molar refractivity (Wildman–Crippen MR) is 101 cm³/mol. The lowest BCUT2D eigenvalue weighted by atomic mass is 10.1. The Morgan fingerprint density at radius 1 is 1.08 bits per heavy atom. The molecule has 8 heteroatoms. The van der Waals surface area contributed by atoms with Crippen LogP contribution in [0.15, 0.2) is 71.2 Å². The number of hydrogen-bond donors (Lipinski definition) is 1. The normalized spacial score (nSPS) is 11.7. The van der Waals surface area contributed by atoms with Crippen LogP contribution >= 0.6 is 22.9 Å². The second-order valence-electron chi connectivity index (χ2n) is 5.34. The van der Waals surface area contributed by atoms with Crippen LogP contribution in [0.1, 0.15) is 0 Å². The van der Waals surface area contributed by atoms with Gasteiger partial charge in [0.05, 0.1) is 10.0 Å². The number of fused-ring (bicyclic) bond motifs is 1. The fourth-order valence-electron chi connectivity index (χ4n) is 2.46. The van der Waals surface area contributed by atoms with Gasteiger partial charge in [0.2, 0.25) is 0 Å². The van der Waals surface area contributed by atoms with Gasteiger partial charge in [0.1, 0.15) is 9.86 Å². The van der Waals surface area contributed by atoms with Crippen LogP contribution < -0.4 is 4.72 Å². The van der Waals surface area contributed by atoms with Gasteiger partial charge in [0.15, 0.2) is 0 Å². The number of nitrogens with zero attached hydrogens (tertiary/aromatic N) is 2. The van der Waals surface area contributed by atoms with Crippen molar-refractivity contribution in [3.05, 3.63) is 71.3 Å². The summed E-state index contributed by atoms with van der Waals surface area (Å²) < 4.78 is 30.0. The topological polar surface area (TPSA) is 63.5 Å². The zero-order valence-corrected chi connectivity index (χ0v) is 15.1. The Labute approximate surface area is 153 Å². The summed E-state index contributed by atoms with van der Waals surface area (Å²) in [6.45, 7) is 0. The summed E-state index contributed by atoms with van der Waals surface area (Å²) in [5, 5.41) is 0. The van der Waals surface area contributed by atoms with E-state index in [-0.39, 0.29) is 4.21 Å². The summed E-state index contributed by atoms with van der Waals surface area (Å²) in [6, 6.07) is 15.9. The van der Waals surface area contributed by atoms with Gasteiger partial charge in [-0.2, -0.15) is 0 Å². The third-order valence-corrected chi connectivity index (χ3v) is 6.69. The number of halogens is 1. The first-order chi connectivity index (χ1) is 12.0. The van der Waals surface area contributed by atoms with E-state index in [1.54, 1.807) is 24.3 Å². The van der Waals surface area contributed by atoms with E-state index < -0.39 is 10.0 Å². The number of rotatable bonds is 4. The number of imidazole rings is 1. The van der Waals surface area contributed by atoms with Crippen LogP contribution in [0.2, 0.25) is 4.34 Å². The Kier molecular flexibility index (Phi) is 3.99. The van der Waals surface area contributed by atoms with Gasteiger partial charge < -0.3 is 4.40 Å². The van der Waals surface area contributed by atoms with Gasteiger partial charge in [-0.3, -0.25) is 4.72 Å². The molecule has 0 unspecified atom stereocenters. The van der Waals surface area contributed by atoms with Gasteiger partial charge in [-0.15, -0.1) is 11.3 Å². The maximum absolute atomic E-state index is 12.4. The van der Waals surface area contributed by atoms with Crippen molar-refractivity contribution in [3.63, 3.8) is 0 Å². The fourth-order valence-corrected chi connectivity index (χ4v) is 5.00. The average molecular weight is 390 g/mol. The minimum atomic E-state index is -3.66. The van der Waals surface area contributed by atoms with Crippen LogP contribution in [0, 0.1) is 0 Å². The Hall–Kier alpha value is -2.35. The molecule has 4 rings (SSSR count). The maximum atomic E-state index is 12.4. The molecular weight excluding hydrogens is 378 g/mol.